The molecule has 5 rings (SSSR count). The van der Waals surface area contributed by atoms with Gasteiger partial charge in [0.1, 0.15) is 18.4 Å². The van der Waals surface area contributed by atoms with E-state index in [1.165, 1.54) is 0 Å². The van der Waals surface area contributed by atoms with Crippen molar-refractivity contribution in [2.24, 2.45) is 24.6 Å². The first-order chi connectivity index (χ1) is 21.8. The van der Waals surface area contributed by atoms with Crippen molar-refractivity contribution in [3.05, 3.63) is 65.9 Å². The van der Waals surface area contributed by atoms with Crippen molar-refractivity contribution in [2.75, 3.05) is 38.4 Å². The fourth-order valence-corrected chi connectivity index (χ4v) is 6.95. The number of anilines is 1. The Morgan fingerprint density at radius 3 is 2.49 bits per heavy atom. The van der Waals surface area contributed by atoms with Crippen LogP contribution in [0.5, 0.6) is 0 Å². The summed E-state index contributed by atoms with van der Waals surface area (Å²) in [5.41, 5.74) is 8.81. The SMILES string of the molecule is CCOCCCOC(=O)c1cc2cc(NC(=O)[C@@H]3[C@H](c4ccccc4)CCN3C(=O)[C@H]3CC[C@H]([C@H](N)CF)CC3)ccc2n1C. The number of halogens is 1. The fourth-order valence-electron chi connectivity index (χ4n) is 6.95. The third-order valence-electron chi connectivity index (χ3n) is 9.47. The summed E-state index contributed by atoms with van der Waals surface area (Å²) in [4.78, 5) is 42.4. The second-order valence-electron chi connectivity index (χ2n) is 12.3. The highest BCUT2D eigenvalue weighted by molar-refractivity contribution is 6.01. The number of aromatic nitrogens is 1. The van der Waals surface area contributed by atoms with E-state index in [9.17, 15) is 18.8 Å². The predicted octanol–water partition coefficient (Wildman–Crippen LogP) is 5.19. The van der Waals surface area contributed by atoms with Gasteiger partial charge >= 0.3 is 5.97 Å². The summed E-state index contributed by atoms with van der Waals surface area (Å²) in [6.07, 6.45) is 4.05. The molecule has 3 aromatic rings. The van der Waals surface area contributed by atoms with E-state index in [0.717, 1.165) is 16.5 Å². The number of nitrogens with zero attached hydrogens (tertiary/aromatic N) is 2. The summed E-state index contributed by atoms with van der Waals surface area (Å²) in [7, 11) is 1.81. The minimum Gasteiger partial charge on any atom is -0.461 e. The molecular formula is C35H45FN4O5. The highest BCUT2D eigenvalue weighted by Gasteiger charge is 2.44. The van der Waals surface area contributed by atoms with Crippen LogP contribution in [0.25, 0.3) is 10.9 Å². The van der Waals surface area contributed by atoms with Gasteiger partial charge in [0.05, 0.1) is 6.61 Å². The van der Waals surface area contributed by atoms with E-state index in [4.69, 9.17) is 15.2 Å². The summed E-state index contributed by atoms with van der Waals surface area (Å²) in [6, 6.07) is 16.0. The number of nitrogens with two attached hydrogens (primary N) is 1. The van der Waals surface area contributed by atoms with Gasteiger partial charge < -0.3 is 30.0 Å². The summed E-state index contributed by atoms with van der Waals surface area (Å²) < 4.78 is 25.7. The van der Waals surface area contributed by atoms with Crippen molar-refractivity contribution in [2.45, 2.75) is 63.5 Å². The van der Waals surface area contributed by atoms with Gasteiger partial charge in [0.2, 0.25) is 11.8 Å². The molecule has 45 heavy (non-hydrogen) atoms. The molecule has 0 bridgehead atoms. The largest absolute Gasteiger partial charge is 0.461 e. The van der Waals surface area contributed by atoms with Crippen LogP contribution in [-0.4, -0.2) is 72.4 Å². The van der Waals surface area contributed by atoms with Gasteiger partial charge in [0.25, 0.3) is 0 Å². The molecule has 2 amide bonds. The molecule has 2 heterocycles. The maximum atomic E-state index is 14.0. The average molecular weight is 621 g/mol. The highest BCUT2D eigenvalue weighted by Crippen LogP contribution is 2.38. The molecule has 10 heteroatoms. The number of carbonyl (C=O) groups excluding carboxylic acids is 3. The molecule has 3 N–H and O–H groups in total. The van der Waals surface area contributed by atoms with Crippen molar-refractivity contribution in [1.29, 1.82) is 0 Å². The second kappa shape index (κ2) is 15.0. The van der Waals surface area contributed by atoms with Crippen molar-refractivity contribution in [1.82, 2.24) is 9.47 Å². The Hall–Kier alpha value is -3.76. The number of esters is 1. The van der Waals surface area contributed by atoms with E-state index in [0.29, 0.717) is 69.7 Å². The van der Waals surface area contributed by atoms with Crippen LogP contribution >= 0.6 is 0 Å². The zero-order valence-electron chi connectivity index (χ0n) is 26.3. The molecule has 1 aromatic heterocycles. The molecule has 0 unspecified atom stereocenters. The van der Waals surface area contributed by atoms with Gasteiger partial charge in [0, 0.05) is 67.7 Å². The van der Waals surface area contributed by atoms with E-state index in [1.807, 2.05) is 62.5 Å². The molecule has 0 spiro atoms. The molecule has 0 radical (unpaired) electrons. The summed E-state index contributed by atoms with van der Waals surface area (Å²) >= 11 is 0. The van der Waals surface area contributed by atoms with Gasteiger partial charge in [-0.05, 0) is 74.8 Å². The Labute approximate surface area is 264 Å². The first-order valence-electron chi connectivity index (χ1n) is 16.1. The number of fused-ring (bicyclic) bond motifs is 1. The van der Waals surface area contributed by atoms with Crippen molar-refractivity contribution in [3.63, 3.8) is 0 Å². The van der Waals surface area contributed by atoms with E-state index < -0.39 is 24.7 Å². The summed E-state index contributed by atoms with van der Waals surface area (Å²) in [5, 5.41) is 3.87. The number of ether oxygens (including phenoxy) is 2. The monoisotopic (exact) mass is 620 g/mol. The molecule has 2 aliphatic rings. The number of aryl methyl sites for hydroxylation is 1. The maximum Gasteiger partial charge on any atom is 0.354 e. The molecule has 2 fully saturated rings. The van der Waals surface area contributed by atoms with Crippen LogP contribution in [0.4, 0.5) is 10.1 Å². The Morgan fingerprint density at radius 1 is 1.02 bits per heavy atom. The molecule has 1 aliphatic carbocycles. The third kappa shape index (κ3) is 7.39. The maximum absolute atomic E-state index is 14.0. The number of rotatable bonds is 12. The molecule has 2 aromatic carbocycles. The minimum atomic E-state index is -0.667. The molecule has 9 nitrogen and oxygen atoms in total. The highest BCUT2D eigenvalue weighted by atomic mass is 19.1. The first kappa shape index (κ1) is 32.6. The lowest BCUT2D eigenvalue weighted by Gasteiger charge is -2.35. The lowest BCUT2D eigenvalue weighted by molar-refractivity contribution is -0.141. The summed E-state index contributed by atoms with van der Waals surface area (Å²) in [5.74, 6) is -0.922. The van der Waals surface area contributed by atoms with Gasteiger partial charge in [-0.2, -0.15) is 0 Å². The van der Waals surface area contributed by atoms with Gasteiger partial charge in [-0.3, -0.25) is 9.59 Å². The van der Waals surface area contributed by atoms with Crippen LogP contribution in [-0.2, 0) is 26.1 Å². The lowest BCUT2D eigenvalue weighted by Crippen LogP contribution is -2.48. The molecule has 1 aliphatic heterocycles. The predicted molar refractivity (Wildman–Crippen MR) is 172 cm³/mol. The molecular weight excluding hydrogens is 575 g/mol. The van der Waals surface area contributed by atoms with Crippen LogP contribution < -0.4 is 11.1 Å². The van der Waals surface area contributed by atoms with Crippen LogP contribution in [0.3, 0.4) is 0 Å². The zero-order chi connectivity index (χ0) is 31.9. The quantitative estimate of drug-likeness (QED) is 0.213. The topological polar surface area (TPSA) is 116 Å². The zero-order valence-corrected chi connectivity index (χ0v) is 26.3. The number of hydrogen-bond donors (Lipinski definition) is 2. The normalized spacial score (nSPS) is 22.4. The molecule has 242 valence electrons. The molecule has 1 saturated carbocycles. The van der Waals surface area contributed by atoms with Crippen LogP contribution in [0, 0.1) is 11.8 Å². The van der Waals surface area contributed by atoms with E-state index in [2.05, 4.69) is 5.32 Å². The van der Waals surface area contributed by atoms with Gasteiger partial charge in [-0.15, -0.1) is 0 Å². The number of nitrogens with one attached hydrogen (secondary N) is 1. The van der Waals surface area contributed by atoms with Crippen molar-refractivity contribution >= 4 is 34.4 Å². The standard InChI is InChI=1S/C35H45FN4O5/c1-3-44-18-7-19-45-35(43)31-21-26-20-27(14-15-30(26)39(31)2)38-33(41)32-28(23-8-5-4-6-9-23)16-17-40(32)34(42)25-12-10-24(11-13-25)29(37)22-36/h4-6,8-9,14-15,20-21,24-25,28-29,32H,3,7,10-13,16-19,22,37H2,1-2H3,(H,38,41)/t24-,25-,28-,29+,32-/m0/s1. The smallest absolute Gasteiger partial charge is 0.354 e. The Balaban J connectivity index is 1.32. The summed E-state index contributed by atoms with van der Waals surface area (Å²) in [6.45, 7) is 3.29. The Morgan fingerprint density at radius 2 is 1.78 bits per heavy atom. The average Bonchev–Trinajstić information content (AvgIpc) is 3.66. The van der Waals surface area contributed by atoms with Crippen LogP contribution in [0.15, 0.2) is 54.6 Å². The van der Waals surface area contributed by atoms with Gasteiger partial charge in [-0.25, -0.2) is 9.18 Å². The second-order valence-corrected chi connectivity index (χ2v) is 12.3. The molecule has 3 atom stereocenters. The van der Waals surface area contributed by atoms with E-state index in [-0.39, 0.29) is 36.2 Å². The number of carbonyl (C=O) groups is 3. The number of benzene rings is 2. The minimum absolute atomic E-state index is 0.0104. The number of hydrogen-bond acceptors (Lipinski definition) is 6. The lowest BCUT2D eigenvalue weighted by atomic mass is 9.78. The van der Waals surface area contributed by atoms with Crippen LogP contribution in [0.2, 0.25) is 0 Å². The van der Waals surface area contributed by atoms with E-state index in [1.54, 1.807) is 15.5 Å². The van der Waals surface area contributed by atoms with Crippen molar-refractivity contribution in [3.8, 4) is 0 Å². The van der Waals surface area contributed by atoms with E-state index >= 15 is 0 Å². The number of amides is 2. The number of alkyl halides is 1. The molecule has 1 saturated heterocycles. The Kier molecular flexibility index (Phi) is 10.9. The van der Waals surface area contributed by atoms with Gasteiger partial charge in [-0.1, -0.05) is 30.3 Å². The third-order valence-corrected chi connectivity index (χ3v) is 9.47. The van der Waals surface area contributed by atoms with Crippen molar-refractivity contribution < 1.29 is 28.2 Å². The first-order valence-corrected chi connectivity index (χ1v) is 16.1. The van der Waals surface area contributed by atoms with Crippen LogP contribution in [0.1, 0.15) is 67.4 Å². The fraction of sp³-hybridized carbons (Fsp3) is 0.514. The number of likely N-dealkylation sites (tertiary alicyclic amines) is 1. The Bertz CT molecular complexity index is 1470. The van der Waals surface area contributed by atoms with Gasteiger partial charge in [0.15, 0.2) is 0 Å².